The Hall–Kier alpha value is -0.910. The average Bonchev–Trinajstić information content (AvgIpc) is 2.75. The van der Waals surface area contributed by atoms with Gasteiger partial charge in [-0.1, -0.05) is 18.2 Å². The number of hydrogen-bond donors (Lipinski definition) is 0. The first-order valence-corrected chi connectivity index (χ1v) is 7.18. The summed E-state index contributed by atoms with van der Waals surface area (Å²) >= 11 is 0. The average molecular weight is 429 g/mol. The van der Waals surface area contributed by atoms with Crippen molar-refractivity contribution in [1.82, 2.24) is 9.55 Å². The summed E-state index contributed by atoms with van der Waals surface area (Å²) in [5, 5.41) is 1.25. The molecule has 0 radical (unpaired) electrons. The van der Waals surface area contributed by atoms with Crippen LogP contribution in [0.2, 0.25) is 0 Å². The third kappa shape index (κ3) is 4.31. The monoisotopic (exact) mass is 427 g/mol. The van der Waals surface area contributed by atoms with Crippen LogP contribution >= 0.6 is 17.0 Å². The van der Waals surface area contributed by atoms with Crippen molar-refractivity contribution in [3.05, 3.63) is 42.7 Å². The molecule has 0 aromatic heterocycles. The lowest BCUT2D eigenvalue weighted by Crippen LogP contribution is -3.00. The minimum atomic E-state index is 0. The molecule has 0 saturated carbocycles. The van der Waals surface area contributed by atoms with E-state index in [-0.39, 0.29) is 34.0 Å². The summed E-state index contributed by atoms with van der Waals surface area (Å²) in [6, 6.07) is 10.5. The van der Waals surface area contributed by atoms with E-state index in [9.17, 15) is 0 Å². The lowest BCUT2D eigenvalue weighted by molar-refractivity contribution is -0.870. The van der Waals surface area contributed by atoms with Crippen molar-refractivity contribution in [3.8, 4) is 11.3 Å². The zero-order valence-electron chi connectivity index (χ0n) is 13.3. The maximum Gasteiger partial charge on any atom is 0.0797 e. The van der Waals surface area contributed by atoms with Crippen molar-refractivity contribution in [2.45, 2.75) is 13.0 Å². The van der Waals surface area contributed by atoms with Crippen molar-refractivity contribution < 1.29 is 21.5 Å². The first-order chi connectivity index (χ1) is 9.53. The van der Waals surface area contributed by atoms with E-state index in [0.29, 0.717) is 0 Å². The molecule has 0 fully saturated rings. The number of halogens is 2. The Morgan fingerprint density at radius 2 is 1.82 bits per heavy atom. The van der Waals surface area contributed by atoms with Crippen molar-refractivity contribution in [1.29, 1.82) is 0 Å². The fraction of sp³-hybridized carbons (Fsp3) is 0.353. The Bertz CT molecular complexity index is 701. The molecule has 1 aromatic rings. The lowest BCUT2D eigenvalue weighted by Gasteiger charge is -2.24. The van der Waals surface area contributed by atoms with Crippen LogP contribution < -0.4 is 17.0 Å². The van der Waals surface area contributed by atoms with Crippen molar-refractivity contribution >= 4 is 27.9 Å². The molecule has 0 aliphatic carbocycles. The van der Waals surface area contributed by atoms with Gasteiger partial charge >= 0.3 is 0 Å². The van der Waals surface area contributed by atoms with Gasteiger partial charge in [0.05, 0.1) is 38.9 Å². The Kier molecular flexibility index (Phi) is 6.59. The number of fused-ring (bicyclic) bond motifs is 3. The molecular formula is C17H23Br2N3. The fourth-order valence-electron chi connectivity index (χ4n) is 2.63. The van der Waals surface area contributed by atoms with E-state index < -0.39 is 0 Å². The van der Waals surface area contributed by atoms with Crippen LogP contribution in [0.3, 0.4) is 0 Å². The molecule has 1 aromatic carbocycles. The van der Waals surface area contributed by atoms with Gasteiger partial charge in [0, 0.05) is 36.3 Å². The molecule has 22 heavy (non-hydrogen) atoms. The topological polar surface area (TPSA) is 17.8 Å². The van der Waals surface area contributed by atoms with Crippen LogP contribution in [0.1, 0.15) is 6.42 Å². The Morgan fingerprint density at radius 1 is 1.09 bits per heavy atom. The Balaban J connectivity index is 0.00000121. The van der Waals surface area contributed by atoms with Gasteiger partial charge in [-0.15, -0.1) is 17.0 Å². The van der Waals surface area contributed by atoms with Gasteiger partial charge < -0.3 is 26.0 Å². The molecule has 2 aliphatic heterocycles. The number of aromatic nitrogens is 2. The molecule has 0 unspecified atom stereocenters. The molecule has 2 heterocycles. The molecule has 0 N–H and O–H groups in total. The van der Waals surface area contributed by atoms with E-state index in [4.69, 9.17) is 0 Å². The van der Waals surface area contributed by atoms with E-state index >= 15 is 0 Å². The summed E-state index contributed by atoms with van der Waals surface area (Å²) < 4.78 is 3.30. The largest absolute Gasteiger partial charge is 1.00 e. The smallest absolute Gasteiger partial charge is 0.0797 e. The zero-order valence-corrected chi connectivity index (χ0v) is 16.6. The van der Waals surface area contributed by atoms with Gasteiger partial charge in [-0.25, -0.2) is 4.98 Å². The quantitative estimate of drug-likeness (QED) is 0.562. The van der Waals surface area contributed by atoms with E-state index in [2.05, 4.69) is 67.4 Å². The summed E-state index contributed by atoms with van der Waals surface area (Å²) in [5.41, 5.74) is 3.44. The molecule has 0 spiro atoms. The second kappa shape index (κ2) is 7.57. The van der Waals surface area contributed by atoms with Crippen LogP contribution in [0.4, 0.5) is 0 Å². The number of nitrogens with zero attached hydrogens (tertiary/aromatic N) is 3. The molecule has 5 heteroatoms. The summed E-state index contributed by atoms with van der Waals surface area (Å²) in [5.74, 6) is 0. The van der Waals surface area contributed by atoms with Crippen LogP contribution in [0.15, 0.2) is 42.7 Å². The van der Waals surface area contributed by atoms with Crippen LogP contribution in [-0.2, 0) is 6.54 Å². The zero-order chi connectivity index (χ0) is 14.2. The highest BCUT2D eigenvalue weighted by molar-refractivity contribution is 8.93. The van der Waals surface area contributed by atoms with Crippen LogP contribution in [0.25, 0.3) is 22.2 Å². The second-order valence-electron chi connectivity index (χ2n) is 6.48. The maximum absolute atomic E-state index is 4.66. The van der Waals surface area contributed by atoms with Crippen molar-refractivity contribution in [3.63, 3.8) is 0 Å². The third-order valence-corrected chi connectivity index (χ3v) is 3.68. The van der Waals surface area contributed by atoms with Crippen LogP contribution in [0.5, 0.6) is 0 Å². The summed E-state index contributed by atoms with van der Waals surface area (Å²) in [6.07, 6.45) is 5.57. The number of pyridine rings is 1. The van der Waals surface area contributed by atoms with Gasteiger partial charge in [0.25, 0.3) is 0 Å². The number of para-hydroxylation sites is 1. The van der Waals surface area contributed by atoms with E-state index in [0.717, 1.165) is 22.2 Å². The molecule has 0 atom stereocenters. The normalized spacial score (nSPS) is 11.2. The van der Waals surface area contributed by atoms with Gasteiger partial charge in [0.15, 0.2) is 0 Å². The van der Waals surface area contributed by atoms with Gasteiger partial charge in [0.2, 0.25) is 0 Å². The minimum Gasteiger partial charge on any atom is -1.00 e. The predicted molar refractivity (Wildman–Crippen MR) is 94.2 cm³/mol. The number of benzene rings is 1. The summed E-state index contributed by atoms with van der Waals surface area (Å²) in [6.45, 7) is 2.25. The molecule has 0 saturated heterocycles. The molecule has 3 rings (SSSR count). The number of aryl methyl sites for hydroxylation is 1. The van der Waals surface area contributed by atoms with Gasteiger partial charge in [-0.2, -0.15) is 0 Å². The summed E-state index contributed by atoms with van der Waals surface area (Å²) in [7, 11) is 6.72. The first-order valence-electron chi connectivity index (χ1n) is 7.18. The third-order valence-electron chi connectivity index (χ3n) is 3.68. The first kappa shape index (κ1) is 19.1. The highest BCUT2D eigenvalue weighted by atomic mass is 79.9. The highest BCUT2D eigenvalue weighted by Crippen LogP contribution is 2.30. The highest BCUT2D eigenvalue weighted by Gasteiger charge is 2.12. The summed E-state index contributed by atoms with van der Waals surface area (Å²) in [4.78, 5) is 4.66. The van der Waals surface area contributed by atoms with Crippen molar-refractivity contribution in [2.75, 3.05) is 27.7 Å². The van der Waals surface area contributed by atoms with E-state index in [1.165, 1.54) is 23.9 Å². The molecule has 3 nitrogen and oxygen atoms in total. The van der Waals surface area contributed by atoms with Crippen molar-refractivity contribution in [2.24, 2.45) is 0 Å². The standard InChI is InChI=1S/C17H22N3.2BrH/c1-20(2,3)12-6-10-19-11-9-17-15(13-19)14-7-4-5-8-16(14)18-17;;/h4-5,7-9,11,13H,6,10,12H2,1-3H3;2*1H/q+1;;/p-1. The van der Waals surface area contributed by atoms with Gasteiger partial charge in [0.1, 0.15) is 0 Å². The van der Waals surface area contributed by atoms with Gasteiger partial charge in [-0.3, -0.25) is 0 Å². The molecule has 0 amide bonds. The van der Waals surface area contributed by atoms with E-state index in [1.54, 1.807) is 0 Å². The van der Waals surface area contributed by atoms with E-state index in [1.807, 2.05) is 6.07 Å². The minimum absolute atomic E-state index is 0. The molecule has 0 bridgehead atoms. The van der Waals surface area contributed by atoms with Crippen LogP contribution in [-0.4, -0.2) is 41.7 Å². The fourth-order valence-corrected chi connectivity index (χ4v) is 2.63. The SMILES string of the molecule is Br.C[N+](C)(C)CCCn1ccc2nc3ccccc3c-2c1.[Br-]. The van der Waals surface area contributed by atoms with Crippen LogP contribution in [0, 0.1) is 0 Å². The lowest BCUT2D eigenvalue weighted by atomic mass is 10.1. The Morgan fingerprint density at radius 3 is 2.55 bits per heavy atom. The molecule has 120 valence electrons. The number of rotatable bonds is 4. The second-order valence-corrected chi connectivity index (χ2v) is 6.48. The molecular weight excluding hydrogens is 406 g/mol. The Labute approximate surface area is 153 Å². The number of hydrogen-bond acceptors (Lipinski definition) is 1. The predicted octanol–water partition coefficient (Wildman–Crippen LogP) is 0.819. The van der Waals surface area contributed by atoms with Gasteiger partial charge in [-0.05, 0) is 12.1 Å². The molecule has 2 aliphatic rings. The number of quaternary nitrogens is 1. The maximum atomic E-state index is 4.66.